The molecule has 0 radical (unpaired) electrons. The zero-order chi connectivity index (χ0) is 15.4. The predicted octanol–water partition coefficient (Wildman–Crippen LogP) is 2.02. The van der Waals surface area contributed by atoms with Gasteiger partial charge in [0.25, 0.3) is 0 Å². The molecule has 0 saturated carbocycles. The topological polar surface area (TPSA) is 59.0 Å². The monoisotopic (exact) mass is 298 g/mol. The molecular formula is C17H22N4O. The number of nitrogens with one attached hydrogen (secondary N) is 2. The van der Waals surface area contributed by atoms with Crippen LogP contribution in [0.4, 0.5) is 0 Å². The average Bonchev–Trinajstić information content (AvgIpc) is 3.23. The van der Waals surface area contributed by atoms with E-state index in [2.05, 4.69) is 22.7 Å². The van der Waals surface area contributed by atoms with Crippen molar-refractivity contribution < 1.29 is 4.79 Å². The normalized spacial score (nSPS) is 21.0. The third-order valence-corrected chi connectivity index (χ3v) is 4.39. The number of aromatic nitrogens is 2. The van der Waals surface area contributed by atoms with Crippen molar-refractivity contribution in [3.63, 3.8) is 0 Å². The van der Waals surface area contributed by atoms with E-state index in [1.807, 2.05) is 41.2 Å². The summed E-state index contributed by atoms with van der Waals surface area (Å²) in [5.41, 5.74) is 1.64. The fourth-order valence-corrected chi connectivity index (χ4v) is 2.99. The lowest BCUT2D eigenvalue weighted by atomic mass is 9.93. The number of hydrogen-bond acceptors (Lipinski definition) is 3. The van der Waals surface area contributed by atoms with Crippen molar-refractivity contribution in [2.45, 2.75) is 38.3 Å². The molecule has 2 heterocycles. The van der Waals surface area contributed by atoms with E-state index < -0.39 is 0 Å². The number of carbonyl (C=O) groups is 1. The maximum absolute atomic E-state index is 12.4. The SMILES string of the molecule is CCC1(C(=O)NCc2cnn(-c3ccccc3)c2)CCCN1. The van der Waals surface area contributed by atoms with Gasteiger partial charge in [-0.3, -0.25) is 4.79 Å². The van der Waals surface area contributed by atoms with E-state index in [1.165, 1.54) is 0 Å². The van der Waals surface area contributed by atoms with E-state index in [0.29, 0.717) is 6.54 Å². The molecular weight excluding hydrogens is 276 g/mol. The molecule has 0 aliphatic carbocycles. The first kappa shape index (κ1) is 14.8. The molecule has 2 aromatic rings. The predicted molar refractivity (Wildman–Crippen MR) is 85.7 cm³/mol. The molecule has 1 saturated heterocycles. The van der Waals surface area contributed by atoms with Gasteiger partial charge in [0.15, 0.2) is 0 Å². The van der Waals surface area contributed by atoms with Gasteiger partial charge in [0.05, 0.1) is 17.4 Å². The zero-order valence-corrected chi connectivity index (χ0v) is 12.9. The Bertz CT molecular complexity index is 629. The largest absolute Gasteiger partial charge is 0.350 e. The third-order valence-electron chi connectivity index (χ3n) is 4.39. The number of rotatable bonds is 5. The van der Waals surface area contributed by atoms with Crippen molar-refractivity contribution in [2.75, 3.05) is 6.54 Å². The van der Waals surface area contributed by atoms with Crippen molar-refractivity contribution in [3.8, 4) is 5.69 Å². The average molecular weight is 298 g/mol. The van der Waals surface area contributed by atoms with Crippen LogP contribution in [0.1, 0.15) is 31.7 Å². The molecule has 1 aromatic carbocycles. The summed E-state index contributed by atoms with van der Waals surface area (Å²) < 4.78 is 1.82. The highest BCUT2D eigenvalue weighted by atomic mass is 16.2. The molecule has 3 rings (SSSR count). The molecule has 1 aliphatic heterocycles. The van der Waals surface area contributed by atoms with Crippen molar-refractivity contribution in [3.05, 3.63) is 48.3 Å². The molecule has 1 aliphatic rings. The molecule has 5 nitrogen and oxygen atoms in total. The molecule has 116 valence electrons. The fraction of sp³-hybridized carbons (Fsp3) is 0.412. The van der Waals surface area contributed by atoms with E-state index in [-0.39, 0.29) is 11.4 Å². The van der Waals surface area contributed by atoms with Gasteiger partial charge in [-0.05, 0) is 37.9 Å². The Morgan fingerprint density at radius 2 is 2.23 bits per heavy atom. The minimum atomic E-state index is -0.380. The van der Waals surface area contributed by atoms with E-state index in [4.69, 9.17) is 0 Å². The van der Waals surface area contributed by atoms with Crippen LogP contribution in [-0.4, -0.2) is 27.8 Å². The van der Waals surface area contributed by atoms with Gasteiger partial charge in [-0.2, -0.15) is 5.10 Å². The first-order valence-corrected chi connectivity index (χ1v) is 7.86. The number of nitrogens with zero attached hydrogens (tertiary/aromatic N) is 2. The lowest BCUT2D eigenvalue weighted by Crippen LogP contribution is -2.52. The first-order chi connectivity index (χ1) is 10.7. The summed E-state index contributed by atoms with van der Waals surface area (Å²) in [6.07, 6.45) is 6.55. The first-order valence-electron chi connectivity index (χ1n) is 7.86. The molecule has 1 amide bonds. The highest BCUT2D eigenvalue weighted by molar-refractivity contribution is 5.86. The van der Waals surface area contributed by atoms with E-state index in [9.17, 15) is 4.79 Å². The second-order valence-corrected chi connectivity index (χ2v) is 5.78. The number of hydrogen-bond donors (Lipinski definition) is 2. The van der Waals surface area contributed by atoms with Crippen LogP contribution in [-0.2, 0) is 11.3 Å². The Kier molecular flexibility index (Phi) is 4.24. The second kappa shape index (κ2) is 6.32. The highest BCUT2D eigenvalue weighted by Gasteiger charge is 2.38. The molecule has 0 spiro atoms. The zero-order valence-electron chi connectivity index (χ0n) is 12.9. The standard InChI is InChI=1S/C17H22N4O/c1-2-17(9-6-10-19-17)16(22)18-11-14-12-20-21(13-14)15-7-4-3-5-8-15/h3-5,7-8,12-13,19H,2,6,9-11H2,1H3,(H,18,22). The van der Waals surface area contributed by atoms with Crippen molar-refractivity contribution in [1.82, 2.24) is 20.4 Å². The van der Waals surface area contributed by atoms with Gasteiger partial charge < -0.3 is 10.6 Å². The fourth-order valence-electron chi connectivity index (χ4n) is 2.99. The lowest BCUT2D eigenvalue weighted by Gasteiger charge is -2.26. The minimum Gasteiger partial charge on any atom is -0.350 e. The molecule has 1 fully saturated rings. The third kappa shape index (κ3) is 2.90. The van der Waals surface area contributed by atoms with Crippen LogP contribution in [0.25, 0.3) is 5.69 Å². The van der Waals surface area contributed by atoms with Crippen molar-refractivity contribution in [1.29, 1.82) is 0 Å². The summed E-state index contributed by atoms with van der Waals surface area (Å²) in [5.74, 6) is 0.0972. The van der Waals surface area contributed by atoms with Gasteiger partial charge in [0.1, 0.15) is 0 Å². The Morgan fingerprint density at radius 1 is 1.41 bits per heavy atom. The molecule has 2 N–H and O–H groups in total. The Labute approximate surface area is 130 Å². The van der Waals surface area contributed by atoms with Gasteiger partial charge in [0.2, 0.25) is 5.91 Å². The minimum absolute atomic E-state index is 0.0972. The molecule has 1 aromatic heterocycles. The van der Waals surface area contributed by atoms with Crippen LogP contribution in [0.15, 0.2) is 42.7 Å². The number of carbonyl (C=O) groups excluding carboxylic acids is 1. The van der Waals surface area contributed by atoms with Gasteiger partial charge in [-0.15, -0.1) is 0 Å². The summed E-state index contributed by atoms with van der Waals surface area (Å²) in [4.78, 5) is 12.4. The smallest absolute Gasteiger partial charge is 0.240 e. The summed E-state index contributed by atoms with van der Waals surface area (Å²) >= 11 is 0. The number of benzene rings is 1. The quantitative estimate of drug-likeness (QED) is 0.888. The second-order valence-electron chi connectivity index (χ2n) is 5.78. The molecule has 1 unspecified atom stereocenters. The van der Waals surface area contributed by atoms with E-state index >= 15 is 0 Å². The Hall–Kier alpha value is -2.14. The Balaban J connectivity index is 1.63. The van der Waals surface area contributed by atoms with E-state index in [0.717, 1.165) is 37.1 Å². The summed E-state index contributed by atoms with van der Waals surface area (Å²) in [6, 6.07) is 9.95. The van der Waals surface area contributed by atoms with Crippen LogP contribution in [0.5, 0.6) is 0 Å². The van der Waals surface area contributed by atoms with Gasteiger partial charge in [-0.25, -0.2) is 4.68 Å². The van der Waals surface area contributed by atoms with Crippen LogP contribution < -0.4 is 10.6 Å². The molecule has 1 atom stereocenters. The highest BCUT2D eigenvalue weighted by Crippen LogP contribution is 2.23. The number of para-hydroxylation sites is 1. The van der Waals surface area contributed by atoms with Gasteiger partial charge in [0, 0.05) is 18.3 Å². The lowest BCUT2D eigenvalue weighted by molar-refractivity contribution is -0.127. The van der Waals surface area contributed by atoms with Crippen molar-refractivity contribution in [2.24, 2.45) is 0 Å². The molecule has 22 heavy (non-hydrogen) atoms. The number of amides is 1. The van der Waals surface area contributed by atoms with E-state index in [1.54, 1.807) is 6.20 Å². The summed E-state index contributed by atoms with van der Waals surface area (Å²) in [5, 5.41) is 10.7. The summed E-state index contributed by atoms with van der Waals surface area (Å²) in [7, 11) is 0. The van der Waals surface area contributed by atoms with Crippen LogP contribution in [0.3, 0.4) is 0 Å². The maximum atomic E-state index is 12.4. The van der Waals surface area contributed by atoms with Crippen LogP contribution in [0, 0.1) is 0 Å². The summed E-state index contributed by atoms with van der Waals surface area (Å²) in [6.45, 7) is 3.49. The Morgan fingerprint density at radius 3 is 2.91 bits per heavy atom. The maximum Gasteiger partial charge on any atom is 0.240 e. The van der Waals surface area contributed by atoms with Crippen LogP contribution >= 0.6 is 0 Å². The van der Waals surface area contributed by atoms with Crippen LogP contribution in [0.2, 0.25) is 0 Å². The molecule has 5 heteroatoms. The van der Waals surface area contributed by atoms with Crippen molar-refractivity contribution >= 4 is 5.91 Å². The van der Waals surface area contributed by atoms with Gasteiger partial charge >= 0.3 is 0 Å². The van der Waals surface area contributed by atoms with Gasteiger partial charge in [-0.1, -0.05) is 25.1 Å². The molecule has 0 bridgehead atoms.